The van der Waals surface area contributed by atoms with Crippen molar-refractivity contribution < 1.29 is 4.79 Å². The molecule has 0 saturated heterocycles. The van der Waals surface area contributed by atoms with E-state index >= 15 is 0 Å². The van der Waals surface area contributed by atoms with E-state index in [-0.39, 0.29) is 17.9 Å². The molecule has 0 aliphatic rings. The zero-order chi connectivity index (χ0) is 21.3. The van der Waals surface area contributed by atoms with Crippen LogP contribution in [0.25, 0.3) is 22.0 Å². The summed E-state index contributed by atoms with van der Waals surface area (Å²) < 4.78 is 1.61. The van der Waals surface area contributed by atoms with Crippen LogP contribution < -0.4 is 16.2 Å². The molecule has 0 radical (unpaired) electrons. The summed E-state index contributed by atoms with van der Waals surface area (Å²) in [5.41, 5.74) is 3.44. The number of carbonyl (C=O) groups excluding carboxylic acids is 1. The second-order valence-corrected chi connectivity index (χ2v) is 6.90. The van der Waals surface area contributed by atoms with E-state index in [1.165, 1.54) is 0 Å². The Bertz CT molecular complexity index is 1290. The van der Waals surface area contributed by atoms with Gasteiger partial charge in [-0.15, -0.1) is 5.10 Å². The van der Waals surface area contributed by atoms with Gasteiger partial charge >= 0.3 is 0 Å². The molecule has 4 rings (SSSR count). The monoisotopic (exact) mass is 404 g/mol. The highest BCUT2D eigenvalue weighted by Gasteiger charge is 2.14. The molecule has 3 heterocycles. The summed E-state index contributed by atoms with van der Waals surface area (Å²) in [6, 6.07) is 9.12. The van der Waals surface area contributed by atoms with E-state index in [4.69, 9.17) is 0 Å². The van der Waals surface area contributed by atoms with Crippen molar-refractivity contribution in [2.45, 2.75) is 13.3 Å². The Morgan fingerprint density at radius 3 is 2.77 bits per heavy atom. The van der Waals surface area contributed by atoms with Gasteiger partial charge in [-0.25, -0.2) is 10.1 Å². The smallest absolute Gasteiger partial charge is 0.258 e. The van der Waals surface area contributed by atoms with Crippen molar-refractivity contribution >= 4 is 28.3 Å². The molecule has 0 aliphatic carbocycles. The quantitative estimate of drug-likeness (QED) is 0.461. The number of aryl methyl sites for hydroxylation is 2. The number of nitrogens with one attached hydrogen (secondary N) is 3. The molecule has 3 aromatic heterocycles. The first-order valence-electron chi connectivity index (χ1n) is 9.27. The number of hydrogen-bond acceptors (Lipinski definition) is 7. The molecule has 0 unspecified atom stereocenters. The molecular formula is C20H20N8O2. The van der Waals surface area contributed by atoms with E-state index in [1.807, 2.05) is 25.1 Å². The first kappa shape index (κ1) is 19.2. The average Bonchev–Trinajstić information content (AvgIpc) is 3.25. The van der Waals surface area contributed by atoms with Crippen molar-refractivity contribution in [1.82, 2.24) is 30.2 Å². The fourth-order valence-electron chi connectivity index (χ4n) is 3.29. The number of anilines is 2. The van der Waals surface area contributed by atoms with Crippen molar-refractivity contribution in [2.24, 2.45) is 7.05 Å². The molecule has 0 fully saturated rings. The van der Waals surface area contributed by atoms with Crippen molar-refractivity contribution in [1.29, 1.82) is 0 Å². The molecule has 0 aliphatic heterocycles. The second-order valence-electron chi connectivity index (χ2n) is 6.90. The Labute approximate surface area is 171 Å². The standard InChI is InChI=1S/C20H20N8O2/c1-11-4-5-13(23-19(29)9-18-24-26-27-25-18)7-14(11)15-6-12-10-22-17(21-2)8-16(12)28(3)20(15)30/h4-8,10H,9H2,1-3H3,(H,21,22)(H,23,29)(H,24,25,26,27). The van der Waals surface area contributed by atoms with E-state index in [0.717, 1.165) is 22.0 Å². The average molecular weight is 404 g/mol. The van der Waals surface area contributed by atoms with Crippen LogP contribution in [0.5, 0.6) is 0 Å². The maximum absolute atomic E-state index is 13.1. The van der Waals surface area contributed by atoms with Gasteiger partial charge in [-0.1, -0.05) is 6.07 Å². The topological polar surface area (TPSA) is 130 Å². The van der Waals surface area contributed by atoms with Gasteiger partial charge in [-0.2, -0.15) is 0 Å². The van der Waals surface area contributed by atoms with Crippen LogP contribution in [0.4, 0.5) is 11.5 Å². The van der Waals surface area contributed by atoms with Gasteiger partial charge in [-0.05, 0) is 46.7 Å². The third-order valence-corrected chi connectivity index (χ3v) is 4.89. The van der Waals surface area contributed by atoms with Gasteiger partial charge in [0.25, 0.3) is 5.56 Å². The zero-order valence-corrected chi connectivity index (χ0v) is 16.7. The predicted octanol–water partition coefficient (Wildman–Crippen LogP) is 1.64. The van der Waals surface area contributed by atoms with E-state index in [2.05, 4.69) is 36.2 Å². The SMILES string of the molecule is CNc1cc2c(cn1)cc(-c1cc(NC(=O)Cc3nnn[nH]3)ccc1C)c(=O)n2C. The summed E-state index contributed by atoms with van der Waals surface area (Å²) in [5.74, 6) is 0.795. The number of hydrogen-bond donors (Lipinski definition) is 3. The van der Waals surface area contributed by atoms with E-state index in [1.54, 1.807) is 37.0 Å². The number of pyridine rings is 2. The summed E-state index contributed by atoms with van der Waals surface area (Å²) in [6.45, 7) is 1.92. The lowest BCUT2D eigenvalue weighted by Gasteiger charge is -2.13. The highest BCUT2D eigenvalue weighted by atomic mass is 16.1. The van der Waals surface area contributed by atoms with Gasteiger partial charge in [0.15, 0.2) is 5.82 Å². The molecular weight excluding hydrogens is 384 g/mol. The molecule has 1 amide bonds. The molecule has 0 bridgehead atoms. The van der Waals surface area contributed by atoms with Gasteiger partial charge in [-0.3, -0.25) is 9.59 Å². The van der Waals surface area contributed by atoms with E-state index in [0.29, 0.717) is 22.9 Å². The molecule has 4 aromatic rings. The fourth-order valence-corrected chi connectivity index (χ4v) is 3.29. The third-order valence-electron chi connectivity index (χ3n) is 4.89. The predicted molar refractivity (Wildman–Crippen MR) is 113 cm³/mol. The Morgan fingerprint density at radius 2 is 2.03 bits per heavy atom. The Balaban J connectivity index is 1.72. The summed E-state index contributed by atoms with van der Waals surface area (Å²) in [4.78, 5) is 29.7. The van der Waals surface area contributed by atoms with Gasteiger partial charge in [0, 0.05) is 43.0 Å². The Hall–Kier alpha value is -4.08. The molecule has 0 spiro atoms. The highest BCUT2D eigenvalue weighted by Crippen LogP contribution is 2.27. The first-order valence-corrected chi connectivity index (χ1v) is 9.27. The second kappa shape index (κ2) is 7.74. The molecule has 30 heavy (non-hydrogen) atoms. The molecule has 1 aromatic carbocycles. The summed E-state index contributed by atoms with van der Waals surface area (Å²) >= 11 is 0. The van der Waals surface area contributed by atoms with E-state index in [9.17, 15) is 9.59 Å². The van der Waals surface area contributed by atoms with Gasteiger partial charge in [0.1, 0.15) is 5.82 Å². The van der Waals surface area contributed by atoms with Crippen LogP contribution in [0, 0.1) is 6.92 Å². The van der Waals surface area contributed by atoms with Crippen molar-refractivity contribution in [3.8, 4) is 11.1 Å². The van der Waals surface area contributed by atoms with Gasteiger partial charge < -0.3 is 15.2 Å². The number of rotatable bonds is 5. The fraction of sp³-hybridized carbons (Fsp3) is 0.200. The van der Waals surface area contributed by atoms with Crippen LogP contribution in [-0.2, 0) is 18.3 Å². The van der Waals surface area contributed by atoms with Crippen LogP contribution in [0.2, 0.25) is 0 Å². The number of aromatic nitrogens is 6. The normalized spacial score (nSPS) is 10.9. The van der Waals surface area contributed by atoms with Crippen LogP contribution in [0.1, 0.15) is 11.4 Å². The molecule has 10 nitrogen and oxygen atoms in total. The lowest BCUT2D eigenvalue weighted by molar-refractivity contribution is -0.115. The first-order chi connectivity index (χ1) is 14.5. The Morgan fingerprint density at radius 1 is 1.20 bits per heavy atom. The summed E-state index contributed by atoms with van der Waals surface area (Å²) in [5, 5.41) is 19.8. The number of nitrogens with zero attached hydrogens (tertiary/aromatic N) is 5. The maximum Gasteiger partial charge on any atom is 0.258 e. The minimum Gasteiger partial charge on any atom is -0.373 e. The number of benzene rings is 1. The lowest BCUT2D eigenvalue weighted by atomic mass is 9.99. The molecule has 0 atom stereocenters. The van der Waals surface area contributed by atoms with Crippen molar-refractivity contribution in [3.63, 3.8) is 0 Å². The van der Waals surface area contributed by atoms with Gasteiger partial charge in [0.2, 0.25) is 5.91 Å². The highest BCUT2D eigenvalue weighted by molar-refractivity contribution is 5.93. The number of H-pyrrole nitrogens is 1. The van der Waals surface area contributed by atoms with Crippen LogP contribution in [0.15, 0.2) is 41.3 Å². The van der Waals surface area contributed by atoms with Gasteiger partial charge in [0.05, 0.1) is 11.9 Å². The van der Waals surface area contributed by atoms with E-state index < -0.39 is 0 Å². The minimum absolute atomic E-state index is 0.0212. The number of tetrazole rings is 1. The number of carbonyl (C=O) groups is 1. The number of aromatic amines is 1. The lowest BCUT2D eigenvalue weighted by Crippen LogP contribution is -2.20. The van der Waals surface area contributed by atoms with Crippen LogP contribution in [0.3, 0.4) is 0 Å². The Kier molecular flexibility index (Phi) is 4.97. The van der Waals surface area contributed by atoms with Crippen LogP contribution in [-0.4, -0.2) is 43.1 Å². The van der Waals surface area contributed by atoms with Crippen molar-refractivity contribution in [3.05, 3.63) is 58.3 Å². The molecule has 10 heteroatoms. The largest absolute Gasteiger partial charge is 0.373 e. The van der Waals surface area contributed by atoms with Crippen LogP contribution >= 0.6 is 0 Å². The molecule has 152 valence electrons. The minimum atomic E-state index is -0.265. The summed E-state index contributed by atoms with van der Waals surface area (Å²) in [6.07, 6.45) is 1.75. The third kappa shape index (κ3) is 3.62. The molecule has 0 saturated carbocycles. The molecule has 3 N–H and O–H groups in total. The van der Waals surface area contributed by atoms with Crippen molar-refractivity contribution in [2.75, 3.05) is 17.7 Å². The number of fused-ring (bicyclic) bond motifs is 1. The maximum atomic E-state index is 13.1. The number of amides is 1. The zero-order valence-electron chi connectivity index (χ0n) is 16.7. The summed E-state index contributed by atoms with van der Waals surface area (Å²) in [7, 11) is 3.52.